The zero-order valence-corrected chi connectivity index (χ0v) is 25.2. The van der Waals surface area contributed by atoms with E-state index < -0.39 is 35.5 Å². The molecule has 0 radical (unpaired) electrons. The molecule has 9 nitrogen and oxygen atoms in total. The maximum atomic E-state index is 14.0. The third-order valence-corrected chi connectivity index (χ3v) is 8.86. The van der Waals surface area contributed by atoms with Crippen LogP contribution in [0.4, 0.5) is 23.4 Å². The standard InChI is InChI=1S/C32H30F4N6O3/c1-15-6-19(20-11-37-18(4)38-12-20)8-21-22(17(3)43)13-41(27(15)21)14-26(44)42-24(9-31(5)10-25(31)42)30(45)40-29-16(2)7-23(33)28(39-29)32(34,35)36/h6-8,11-13,24-25H,9-10,14H2,1-5H3,(H,39,40,45)/t24-,25?,31-/m0/s1. The van der Waals surface area contributed by atoms with Crippen molar-refractivity contribution in [2.45, 2.75) is 72.3 Å². The lowest BCUT2D eigenvalue weighted by Gasteiger charge is -2.27. The fourth-order valence-electron chi connectivity index (χ4n) is 6.46. The van der Waals surface area contributed by atoms with Crippen molar-refractivity contribution in [2.24, 2.45) is 5.41 Å². The molecule has 45 heavy (non-hydrogen) atoms. The van der Waals surface area contributed by atoms with Crippen LogP contribution in [-0.2, 0) is 22.3 Å². The zero-order chi connectivity index (χ0) is 32.6. The number of aromatic nitrogens is 4. The van der Waals surface area contributed by atoms with Gasteiger partial charge in [0.2, 0.25) is 11.8 Å². The van der Waals surface area contributed by atoms with Crippen molar-refractivity contribution >= 4 is 34.3 Å². The summed E-state index contributed by atoms with van der Waals surface area (Å²) in [6.45, 7) is 8.23. The van der Waals surface area contributed by atoms with Gasteiger partial charge in [-0.2, -0.15) is 13.2 Å². The molecule has 4 aromatic rings. The quantitative estimate of drug-likeness (QED) is 0.215. The lowest BCUT2D eigenvalue weighted by Crippen LogP contribution is -2.46. The van der Waals surface area contributed by atoms with Gasteiger partial charge in [-0.1, -0.05) is 6.92 Å². The topological polar surface area (TPSA) is 110 Å². The Morgan fingerprint density at radius 1 is 1.02 bits per heavy atom. The highest BCUT2D eigenvalue weighted by Crippen LogP contribution is 2.59. The maximum absolute atomic E-state index is 14.0. The number of pyridine rings is 1. The third kappa shape index (κ3) is 5.33. The number of alkyl halides is 3. The van der Waals surface area contributed by atoms with Crippen molar-refractivity contribution in [3.8, 4) is 11.1 Å². The van der Waals surface area contributed by atoms with Crippen LogP contribution in [0, 0.1) is 32.0 Å². The van der Waals surface area contributed by atoms with E-state index in [1.807, 2.05) is 26.0 Å². The van der Waals surface area contributed by atoms with Gasteiger partial charge < -0.3 is 14.8 Å². The fraction of sp³-hybridized carbons (Fsp3) is 0.375. The number of aryl methyl sites for hydroxylation is 3. The SMILES string of the molecule is CC(=O)c1cn(CC(=O)N2C3C[C@]3(C)C[C@H]2C(=O)Nc2nc(C(F)(F)F)c(F)cc2C)c2c(C)cc(-c3cnc(C)nc3)cc12. The minimum Gasteiger partial charge on any atom is -0.337 e. The lowest BCUT2D eigenvalue weighted by atomic mass is 10.0. The van der Waals surface area contributed by atoms with Crippen LogP contribution in [0.15, 0.2) is 36.8 Å². The highest BCUT2D eigenvalue weighted by molar-refractivity contribution is 6.09. The summed E-state index contributed by atoms with van der Waals surface area (Å²) in [4.78, 5) is 53.4. The third-order valence-electron chi connectivity index (χ3n) is 8.86. The van der Waals surface area contributed by atoms with Crippen molar-refractivity contribution < 1.29 is 31.9 Å². The van der Waals surface area contributed by atoms with Crippen LogP contribution in [0.25, 0.3) is 22.0 Å². The molecule has 1 unspecified atom stereocenters. The van der Waals surface area contributed by atoms with Gasteiger partial charge in [0, 0.05) is 41.1 Å². The fourth-order valence-corrected chi connectivity index (χ4v) is 6.46. The van der Waals surface area contributed by atoms with Gasteiger partial charge in [-0.05, 0) is 80.8 Å². The second-order valence-corrected chi connectivity index (χ2v) is 12.3. The van der Waals surface area contributed by atoms with Gasteiger partial charge in [0.15, 0.2) is 17.3 Å². The number of anilines is 1. The summed E-state index contributed by atoms with van der Waals surface area (Å²) in [5.74, 6) is -2.58. The summed E-state index contributed by atoms with van der Waals surface area (Å²) in [5, 5.41) is 3.07. The number of hydrogen-bond donors (Lipinski definition) is 1. The Balaban J connectivity index is 1.31. The Morgan fingerprint density at radius 2 is 1.71 bits per heavy atom. The number of fused-ring (bicyclic) bond motifs is 2. The van der Waals surface area contributed by atoms with Crippen LogP contribution in [0.3, 0.4) is 0 Å². The van der Waals surface area contributed by atoms with E-state index >= 15 is 0 Å². The summed E-state index contributed by atoms with van der Waals surface area (Å²) < 4.78 is 55.6. The first-order chi connectivity index (χ1) is 21.1. The van der Waals surface area contributed by atoms with Crippen LogP contribution < -0.4 is 5.32 Å². The predicted molar refractivity (Wildman–Crippen MR) is 157 cm³/mol. The number of Topliss-reactive ketones (excluding diaryl/α,β-unsaturated/α-hetero) is 1. The largest absolute Gasteiger partial charge is 0.436 e. The predicted octanol–water partition coefficient (Wildman–Crippen LogP) is 5.80. The number of hydrogen-bond acceptors (Lipinski definition) is 6. The summed E-state index contributed by atoms with van der Waals surface area (Å²) >= 11 is 0. The molecule has 4 heterocycles. The molecule has 3 aromatic heterocycles. The first-order valence-electron chi connectivity index (χ1n) is 14.4. The van der Waals surface area contributed by atoms with E-state index in [2.05, 4.69) is 20.3 Å². The number of likely N-dealkylation sites (tertiary alicyclic amines) is 1. The average Bonchev–Trinajstić information content (AvgIpc) is 3.30. The van der Waals surface area contributed by atoms with Crippen molar-refractivity contribution in [3.63, 3.8) is 0 Å². The molecule has 1 N–H and O–H groups in total. The van der Waals surface area contributed by atoms with Crippen molar-refractivity contribution in [1.29, 1.82) is 0 Å². The van der Waals surface area contributed by atoms with Crippen LogP contribution >= 0.6 is 0 Å². The molecular weight excluding hydrogens is 592 g/mol. The van der Waals surface area contributed by atoms with Gasteiger partial charge in [-0.3, -0.25) is 14.4 Å². The minimum atomic E-state index is -5.05. The molecule has 3 atom stereocenters. The number of piperidine rings is 1. The molecule has 0 bridgehead atoms. The van der Waals surface area contributed by atoms with Gasteiger partial charge in [-0.15, -0.1) is 0 Å². The number of benzene rings is 1. The molecular formula is C32H30F4N6O3. The van der Waals surface area contributed by atoms with Gasteiger partial charge in [-0.25, -0.2) is 19.3 Å². The Hall–Kier alpha value is -4.68. The maximum Gasteiger partial charge on any atom is 0.436 e. The Bertz CT molecular complexity index is 1900. The molecule has 13 heteroatoms. The number of nitrogens with one attached hydrogen (secondary N) is 1. The molecule has 2 fully saturated rings. The Kier molecular flexibility index (Phi) is 7.05. The highest BCUT2D eigenvalue weighted by atomic mass is 19.4. The number of rotatable bonds is 6. The number of halogens is 4. The van der Waals surface area contributed by atoms with E-state index in [0.717, 1.165) is 16.7 Å². The van der Waals surface area contributed by atoms with Crippen LogP contribution in [-0.4, -0.2) is 54.1 Å². The summed E-state index contributed by atoms with van der Waals surface area (Å²) in [6, 6.07) is 3.27. The number of carbonyl (C=O) groups is 3. The minimum absolute atomic E-state index is 0.0173. The van der Waals surface area contributed by atoms with E-state index in [1.165, 1.54) is 18.7 Å². The van der Waals surface area contributed by atoms with Crippen molar-refractivity contribution in [2.75, 3.05) is 5.32 Å². The van der Waals surface area contributed by atoms with Gasteiger partial charge >= 0.3 is 6.18 Å². The molecule has 1 aromatic carbocycles. The van der Waals surface area contributed by atoms with Crippen molar-refractivity contribution in [1.82, 2.24) is 24.4 Å². The highest BCUT2D eigenvalue weighted by Gasteiger charge is 2.64. The normalized spacial score (nSPS) is 20.8. The molecule has 1 saturated carbocycles. The summed E-state index contributed by atoms with van der Waals surface area (Å²) in [5.41, 5.74) is 1.50. The van der Waals surface area contributed by atoms with Crippen LogP contribution in [0.1, 0.15) is 59.7 Å². The molecule has 2 amide bonds. The van der Waals surface area contributed by atoms with Crippen LogP contribution in [0.2, 0.25) is 0 Å². The lowest BCUT2D eigenvalue weighted by molar-refractivity contribution is -0.143. The monoisotopic (exact) mass is 622 g/mol. The van der Waals surface area contributed by atoms with E-state index in [4.69, 9.17) is 0 Å². The molecule has 6 rings (SSSR count). The second kappa shape index (κ2) is 10.5. The number of amides is 2. The Morgan fingerprint density at radius 3 is 2.36 bits per heavy atom. The Labute approximate surface area is 255 Å². The van der Waals surface area contributed by atoms with E-state index in [0.29, 0.717) is 41.2 Å². The number of nitrogens with zero attached hydrogens (tertiary/aromatic N) is 5. The van der Waals surface area contributed by atoms with E-state index in [-0.39, 0.29) is 35.3 Å². The van der Waals surface area contributed by atoms with Gasteiger partial charge in [0.1, 0.15) is 24.2 Å². The molecule has 2 aliphatic rings. The number of carbonyl (C=O) groups excluding carboxylic acids is 3. The van der Waals surface area contributed by atoms with Crippen LogP contribution in [0.5, 0.6) is 0 Å². The first kappa shape index (κ1) is 30.4. The molecule has 1 saturated heterocycles. The van der Waals surface area contributed by atoms with E-state index in [9.17, 15) is 31.9 Å². The summed E-state index contributed by atoms with van der Waals surface area (Å²) in [6.07, 6.45) is 0.986. The molecule has 234 valence electrons. The smallest absolute Gasteiger partial charge is 0.337 e. The van der Waals surface area contributed by atoms with Gasteiger partial charge in [0.25, 0.3) is 0 Å². The molecule has 0 spiro atoms. The second-order valence-electron chi connectivity index (χ2n) is 12.3. The average molecular weight is 623 g/mol. The first-order valence-corrected chi connectivity index (χ1v) is 14.4. The zero-order valence-electron chi connectivity index (χ0n) is 25.2. The molecule has 1 aliphatic heterocycles. The van der Waals surface area contributed by atoms with Crippen molar-refractivity contribution in [3.05, 3.63) is 70.8 Å². The van der Waals surface area contributed by atoms with Gasteiger partial charge in [0.05, 0.1) is 5.52 Å². The molecule has 1 aliphatic carbocycles. The summed E-state index contributed by atoms with van der Waals surface area (Å²) in [7, 11) is 0. The number of ketones is 1. The van der Waals surface area contributed by atoms with E-state index in [1.54, 1.807) is 30.1 Å².